The number of hydrogen-bond acceptors (Lipinski definition) is 5. The smallest absolute Gasteiger partial charge is 0.323 e. The van der Waals surface area contributed by atoms with E-state index in [1.54, 1.807) is 4.90 Å². The minimum atomic E-state index is -1.08. The molecule has 1 aromatic rings. The maximum Gasteiger partial charge on any atom is 0.323 e. The van der Waals surface area contributed by atoms with Gasteiger partial charge in [0.25, 0.3) is 11.6 Å². The van der Waals surface area contributed by atoms with Crippen molar-refractivity contribution in [3.05, 3.63) is 38.9 Å². The lowest BCUT2D eigenvalue weighted by Crippen LogP contribution is -2.43. The van der Waals surface area contributed by atoms with E-state index < -0.39 is 10.9 Å². The molecule has 1 fully saturated rings. The van der Waals surface area contributed by atoms with Crippen molar-refractivity contribution >= 4 is 35.1 Å². The van der Waals surface area contributed by atoms with Gasteiger partial charge < -0.3 is 14.9 Å². The summed E-state index contributed by atoms with van der Waals surface area (Å²) in [5, 5.41) is 19.7. The van der Waals surface area contributed by atoms with Gasteiger partial charge in [0.05, 0.1) is 4.92 Å². The lowest BCUT2D eigenvalue weighted by Gasteiger charge is -2.28. The number of carbonyl (C=O) groups excluding carboxylic acids is 2. The maximum atomic E-state index is 12.7. The van der Waals surface area contributed by atoms with Crippen LogP contribution in [0.15, 0.2) is 18.2 Å². The van der Waals surface area contributed by atoms with E-state index in [0.29, 0.717) is 32.4 Å². The van der Waals surface area contributed by atoms with Gasteiger partial charge in [-0.2, -0.15) is 0 Å². The standard InChI is InChI=1S/C17H20ClN3O6/c1-11(22)20(10-16(23)24)13-3-2-7-19(8-6-13)17(25)12-4-5-15(21(26)27)14(18)9-12/h4-5,9,13H,2-3,6-8,10H2,1H3,(H,23,24). The molecule has 2 amide bonds. The molecular weight excluding hydrogens is 378 g/mol. The number of carboxylic acid groups (broad SMARTS) is 1. The lowest BCUT2D eigenvalue weighted by atomic mass is 10.1. The zero-order valence-corrected chi connectivity index (χ0v) is 15.5. The minimum absolute atomic E-state index is 0.109. The first kappa shape index (κ1) is 20.6. The van der Waals surface area contributed by atoms with E-state index in [2.05, 4.69) is 0 Å². The Bertz CT molecular complexity index is 769. The van der Waals surface area contributed by atoms with Crippen LogP contribution in [0.3, 0.4) is 0 Å². The van der Waals surface area contributed by atoms with Gasteiger partial charge >= 0.3 is 5.97 Å². The van der Waals surface area contributed by atoms with Gasteiger partial charge in [0.2, 0.25) is 5.91 Å². The lowest BCUT2D eigenvalue weighted by molar-refractivity contribution is -0.384. The molecule has 1 N–H and O–H groups in total. The largest absolute Gasteiger partial charge is 0.480 e. The van der Waals surface area contributed by atoms with Crippen LogP contribution in [-0.2, 0) is 9.59 Å². The summed E-state index contributed by atoms with van der Waals surface area (Å²) in [6.07, 6.45) is 1.66. The molecule has 10 heteroatoms. The number of amides is 2. The Hall–Kier alpha value is -2.68. The topological polar surface area (TPSA) is 121 Å². The third-order valence-electron chi connectivity index (χ3n) is 4.53. The molecule has 1 aliphatic heterocycles. The molecule has 27 heavy (non-hydrogen) atoms. The summed E-state index contributed by atoms with van der Waals surface area (Å²) in [7, 11) is 0. The molecule has 146 valence electrons. The van der Waals surface area contributed by atoms with Crippen LogP contribution in [0.5, 0.6) is 0 Å². The number of aliphatic carboxylic acids is 1. The molecule has 0 aliphatic carbocycles. The summed E-state index contributed by atoms with van der Waals surface area (Å²) < 4.78 is 0. The van der Waals surface area contributed by atoms with E-state index in [4.69, 9.17) is 16.7 Å². The number of nitrogens with zero attached hydrogens (tertiary/aromatic N) is 3. The molecule has 2 rings (SSSR count). The summed E-state index contributed by atoms with van der Waals surface area (Å²) in [5.41, 5.74) is -0.0204. The van der Waals surface area contributed by atoms with Crippen LogP contribution in [0, 0.1) is 10.1 Å². The van der Waals surface area contributed by atoms with Crippen molar-refractivity contribution in [3.8, 4) is 0 Å². The van der Waals surface area contributed by atoms with Crippen molar-refractivity contribution in [2.24, 2.45) is 0 Å². The Morgan fingerprint density at radius 3 is 2.59 bits per heavy atom. The molecule has 0 aromatic heterocycles. The Kier molecular flexibility index (Phi) is 6.73. The van der Waals surface area contributed by atoms with Gasteiger partial charge in [-0.15, -0.1) is 0 Å². The van der Waals surface area contributed by atoms with Gasteiger partial charge in [-0.3, -0.25) is 24.5 Å². The third kappa shape index (κ3) is 5.16. The second-order valence-electron chi connectivity index (χ2n) is 6.34. The maximum absolute atomic E-state index is 12.7. The highest BCUT2D eigenvalue weighted by molar-refractivity contribution is 6.33. The van der Waals surface area contributed by atoms with Crippen molar-refractivity contribution < 1.29 is 24.4 Å². The number of benzene rings is 1. The average Bonchev–Trinajstić information content (AvgIpc) is 2.84. The number of hydrogen-bond donors (Lipinski definition) is 1. The fourth-order valence-electron chi connectivity index (χ4n) is 3.21. The molecular formula is C17H20ClN3O6. The third-order valence-corrected chi connectivity index (χ3v) is 4.83. The highest BCUT2D eigenvalue weighted by Crippen LogP contribution is 2.26. The molecule has 0 radical (unpaired) electrons. The van der Waals surface area contributed by atoms with E-state index in [0.717, 1.165) is 0 Å². The molecule has 0 saturated carbocycles. The zero-order chi connectivity index (χ0) is 20.1. The predicted molar refractivity (Wildman–Crippen MR) is 96.7 cm³/mol. The Labute approximate surface area is 160 Å². The van der Waals surface area contributed by atoms with Crippen LogP contribution in [0.2, 0.25) is 5.02 Å². The summed E-state index contributed by atoms with van der Waals surface area (Å²) in [4.78, 5) is 48.6. The van der Waals surface area contributed by atoms with Crippen LogP contribution in [0.25, 0.3) is 0 Å². The SMILES string of the molecule is CC(=O)N(CC(=O)O)C1CCCN(C(=O)c2ccc([N+](=O)[O-])c(Cl)c2)CC1. The summed E-state index contributed by atoms with van der Waals surface area (Å²) in [5.74, 6) is -1.70. The Morgan fingerprint density at radius 2 is 2.04 bits per heavy atom. The molecule has 0 bridgehead atoms. The van der Waals surface area contributed by atoms with Crippen LogP contribution < -0.4 is 0 Å². The molecule has 1 aliphatic rings. The van der Waals surface area contributed by atoms with Crippen LogP contribution >= 0.6 is 11.6 Å². The first-order valence-corrected chi connectivity index (χ1v) is 8.80. The van der Waals surface area contributed by atoms with Crippen molar-refractivity contribution in [1.82, 2.24) is 9.80 Å². The number of nitro groups is 1. The number of likely N-dealkylation sites (tertiary alicyclic amines) is 1. The predicted octanol–water partition coefficient (Wildman–Crippen LogP) is 2.18. The van der Waals surface area contributed by atoms with Crippen LogP contribution in [0.1, 0.15) is 36.5 Å². The van der Waals surface area contributed by atoms with Gasteiger partial charge in [-0.1, -0.05) is 11.6 Å². The van der Waals surface area contributed by atoms with E-state index in [1.165, 1.54) is 30.0 Å². The molecule has 1 atom stereocenters. The number of rotatable bonds is 5. The normalized spacial score (nSPS) is 17.1. The monoisotopic (exact) mass is 397 g/mol. The molecule has 9 nitrogen and oxygen atoms in total. The number of nitro benzene ring substituents is 1. The van der Waals surface area contributed by atoms with E-state index in [1.807, 2.05) is 0 Å². The summed E-state index contributed by atoms with van der Waals surface area (Å²) in [6.45, 7) is 1.76. The highest BCUT2D eigenvalue weighted by Gasteiger charge is 2.28. The van der Waals surface area contributed by atoms with Crippen molar-refractivity contribution in [1.29, 1.82) is 0 Å². The second kappa shape index (κ2) is 8.81. The Balaban J connectivity index is 2.10. The van der Waals surface area contributed by atoms with Crippen molar-refractivity contribution in [3.63, 3.8) is 0 Å². The fraction of sp³-hybridized carbons (Fsp3) is 0.471. The quantitative estimate of drug-likeness (QED) is 0.600. The number of carbonyl (C=O) groups is 3. The minimum Gasteiger partial charge on any atom is -0.480 e. The molecule has 1 heterocycles. The zero-order valence-electron chi connectivity index (χ0n) is 14.8. The van der Waals surface area contributed by atoms with Gasteiger partial charge in [-0.05, 0) is 31.4 Å². The van der Waals surface area contributed by atoms with Gasteiger partial charge in [0.1, 0.15) is 11.6 Å². The van der Waals surface area contributed by atoms with Crippen molar-refractivity contribution in [2.75, 3.05) is 19.6 Å². The van der Waals surface area contributed by atoms with E-state index in [9.17, 15) is 24.5 Å². The highest BCUT2D eigenvalue weighted by atomic mass is 35.5. The van der Waals surface area contributed by atoms with Crippen molar-refractivity contribution in [2.45, 2.75) is 32.2 Å². The molecule has 1 unspecified atom stereocenters. The van der Waals surface area contributed by atoms with Gasteiger partial charge in [0.15, 0.2) is 0 Å². The first-order valence-electron chi connectivity index (χ1n) is 8.43. The molecule has 0 spiro atoms. The number of carboxylic acids is 1. The summed E-state index contributed by atoms with van der Waals surface area (Å²) in [6, 6.07) is 3.58. The average molecular weight is 398 g/mol. The van der Waals surface area contributed by atoms with E-state index in [-0.39, 0.29) is 40.7 Å². The number of halogens is 1. The first-order chi connectivity index (χ1) is 12.7. The van der Waals surface area contributed by atoms with Crippen LogP contribution in [-0.4, -0.2) is 63.3 Å². The summed E-state index contributed by atoms with van der Waals surface area (Å²) >= 11 is 5.88. The molecule has 1 aromatic carbocycles. The Morgan fingerprint density at radius 1 is 1.33 bits per heavy atom. The second-order valence-corrected chi connectivity index (χ2v) is 6.75. The van der Waals surface area contributed by atoms with E-state index >= 15 is 0 Å². The molecule has 1 saturated heterocycles. The van der Waals surface area contributed by atoms with Gasteiger partial charge in [-0.25, -0.2) is 0 Å². The van der Waals surface area contributed by atoms with Crippen LogP contribution in [0.4, 0.5) is 5.69 Å². The van der Waals surface area contributed by atoms with Gasteiger partial charge in [0, 0.05) is 37.7 Å². The fourth-order valence-corrected chi connectivity index (χ4v) is 3.46.